The average Bonchev–Trinajstić information content (AvgIpc) is 2.30. The van der Waals surface area contributed by atoms with Gasteiger partial charge < -0.3 is 4.98 Å². The van der Waals surface area contributed by atoms with E-state index in [9.17, 15) is 14.4 Å². The molecular weight excluding hydrogens is 224 g/mol. The van der Waals surface area contributed by atoms with Crippen LogP contribution in [0, 0.1) is 0 Å². The smallest absolute Gasteiger partial charge is 0.313 e. The molecular formula is C10H8N4O3. The number of aromatic amines is 1. The summed E-state index contributed by atoms with van der Waals surface area (Å²) >= 11 is 0. The molecule has 2 aromatic heterocycles. The number of H-pyrrole nitrogens is 1. The molecule has 0 fully saturated rings. The lowest BCUT2D eigenvalue weighted by atomic mass is 10.2. The summed E-state index contributed by atoms with van der Waals surface area (Å²) in [5, 5.41) is 0. The lowest BCUT2D eigenvalue weighted by molar-refractivity contribution is 0.101. The van der Waals surface area contributed by atoms with E-state index in [1.54, 1.807) is 0 Å². The van der Waals surface area contributed by atoms with Crippen molar-refractivity contribution >= 4 is 5.78 Å². The van der Waals surface area contributed by atoms with Gasteiger partial charge in [-0.25, -0.2) is 19.3 Å². The summed E-state index contributed by atoms with van der Waals surface area (Å²) in [5.41, 5.74) is -1.21. The van der Waals surface area contributed by atoms with Crippen molar-refractivity contribution in [2.24, 2.45) is 0 Å². The molecule has 2 heterocycles. The maximum absolute atomic E-state index is 11.9. The minimum atomic E-state index is -0.684. The zero-order valence-electron chi connectivity index (χ0n) is 8.88. The van der Waals surface area contributed by atoms with Crippen LogP contribution in [-0.2, 0) is 0 Å². The Morgan fingerprint density at radius 1 is 1.29 bits per heavy atom. The maximum Gasteiger partial charge on any atom is 0.333 e. The maximum atomic E-state index is 11.9. The van der Waals surface area contributed by atoms with Crippen molar-refractivity contribution in [2.45, 2.75) is 6.92 Å². The van der Waals surface area contributed by atoms with Crippen LogP contribution in [0.3, 0.4) is 0 Å². The Bertz CT molecular complexity index is 672. The van der Waals surface area contributed by atoms with Crippen LogP contribution < -0.4 is 11.2 Å². The highest BCUT2D eigenvalue weighted by Gasteiger charge is 2.12. The van der Waals surface area contributed by atoms with Gasteiger partial charge >= 0.3 is 5.69 Å². The van der Waals surface area contributed by atoms with Crippen molar-refractivity contribution < 1.29 is 4.79 Å². The van der Waals surface area contributed by atoms with Crippen molar-refractivity contribution in [2.75, 3.05) is 0 Å². The van der Waals surface area contributed by atoms with Crippen molar-refractivity contribution in [3.8, 4) is 5.69 Å². The van der Waals surface area contributed by atoms with E-state index in [1.807, 2.05) is 0 Å². The normalized spacial score (nSPS) is 10.2. The van der Waals surface area contributed by atoms with Crippen molar-refractivity contribution in [3.05, 3.63) is 51.3 Å². The first-order valence-electron chi connectivity index (χ1n) is 4.72. The van der Waals surface area contributed by atoms with Gasteiger partial charge in [0.25, 0.3) is 5.56 Å². The lowest BCUT2D eigenvalue weighted by Crippen LogP contribution is -2.36. The number of Topliss-reactive ketones (excluding diaryl/α,β-unsaturated/α-hetero) is 1. The molecule has 0 radical (unpaired) electrons. The molecule has 0 saturated carbocycles. The van der Waals surface area contributed by atoms with Crippen LogP contribution in [0.2, 0.25) is 0 Å². The van der Waals surface area contributed by atoms with Gasteiger partial charge in [-0.1, -0.05) is 0 Å². The Morgan fingerprint density at radius 2 is 1.94 bits per heavy atom. The van der Waals surface area contributed by atoms with Crippen molar-refractivity contribution in [1.82, 2.24) is 19.5 Å². The predicted octanol–water partition coefficient (Wildman–Crippen LogP) is -0.482. The Morgan fingerprint density at radius 3 is 2.53 bits per heavy atom. The first-order chi connectivity index (χ1) is 8.11. The highest BCUT2D eigenvalue weighted by atomic mass is 16.2. The monoisotopic (exact) mass is 232 g/mol. The molecule has 7 heteroatoms. The van der Waals surface area contributed by atoms with Crippen LogP contribution in [0.1, 0.15) is 17.3 Å². The van der Waals surface area contributed by atoms with E-state index in [0.29, 0.717) is 0 Å². The minimum Gasteiger partial charge on any atom is -0.313 e. The number of hydrogen-bond acceptors (Lipinski definition) is 5. The lowest BCUT2D eigenvalue weighted by Gasteiger charge is -2.03. The Labute approximate surface area is 94.8 Å². The van der Waals surface area contributed by atoms with Crippen LogP contribution in [-0.4, -0.2) is 25.3 Å². The molecule has 0 saturated heterocycles. The van der Waals surface area contributed by atoms with Gasteiger partial charge in [0.1, 0.15) is 6.33 Å². The predicted molar refractivity (Wildman–Crippen MR) is 58.3 cm³/mol. The second-order valence-electron chi connectivity index (χ2n) is 3.30. The minimum absolute atomic E-state index is 0.0894. The molecule has 0 spiro atoms. The third-order valence-corrected chi connectivity index (χ3v) is 2.16. The second kappa shape index (κ2) is 4.12. The molecule has 0 bridgehead atoms. The van der Waals surface area contributed by atoms with E-state index in [4.69, 9.17) is 0 Å². The van der Waals surface area contributed by atoms with Gasteiger partial charge in [0, 0.05) is 6.20 Å². The van der Waals surface area contributed by atoms with Crippen LogP contribution in [0.15, 0.2) is 34.5 Å². The summed E-state index contributed by atoms with van der Waals surface area (Å²) in [4.78, 5) is 44.4. The summed E-state index contributed by atoms with van der Waals surface area (Å²) < 4.78 is 0.816. The molecule has 1 N–H and O–H groups in total. The standard InChI is InChI=1S/C10H8N4O3/c1-6(15)8-4-13-10(17)14(9(8)16)7-2-11-5-12-3-7/h2-5H,1H3,(H,13,17). The van der Waals surface area contributed by atoms with E-state index in [-0.39, 0.29) is 11.3 Å². The van der Waals surface area contributed by atoms with E-state index in [1.165, 1.54) is 25.6 Å². The van der Waals surface area contributed by atoms with E-state index >= 15 is 0 Å². The molecule has 86 valence electrons. The number of carbonyl (C=O) groups is 1. The summed E-state index contributed by atoms with van der Waals surface area (Å²) in [6.45, 7) is 1.25. The zero-order valence-corrected chi connectivity index (χ0v) is 8.88. The SMILES string of the molecule is CC(=O)c1c[nH]c(=O)n(-c2cncnc2)c1=O. The Balaban J connectivity index is 2.79. The zero-order chi connectivity index (χ0) is 12.4. The van der Waals surface area contributed by atoms with Gasteiger partial charge in [-0.05, 0) is 6.92 Å². The Hall–Kier alpha value is -2.57. The molecule has 0 aliphatic carbocycles. The highest BCUT2D eigenvalue weighted by Crippen LogP contribution is 1.96. The number of nitrogens with one attached hydrogen (secondary N) is 1. The highest BCUT2D eigenvalue weighted by molar-refractivity contribution is 5.93. The summed E-state index contributed by atoms with van der Waals surface area (Å²) in [6.07, 6.45) is 5.01. The molecule has 2 rings (SSSR count). The fraction of sp³-hybridized carbons (Fsp3) is 0.100. The summed E-state index contributed by atoms with van der Waals surface area (Å²) in [6, 6.07) is 0. The molecule has 0 unspecified atom stereocenters. The number of carbonyl (C=O) groups excluding carboxylic acids is 1. The average molecular weight is 232 g/mol. The van der Waals surface area contributed by atoms with Crippen LogP contribution in [0.4, 0.5) is 0 Å². The fourth-order valence-electron chi connectivity index (χ4n) is 1.37. The molecule has 0 aliphatic rings. The summed E-state index contributed by atoms with van der Waals surface area (Å²) in [7, 11) is 0. The fourth-order valence-corrected chi connectivity index (χ4v) is 1.37. The number of ketones is 1. The van der Waals surface area contributed by atoms with Crippen molar-refractivity contribution in [1.29, 1.82) is 0 Å². The largest absolute Gasteiger partial charge is 0.333 e. The van der Waals surface area contributed by atoms with Crippen LogP contribution in [0.5, 0.6) is 0 Å². The number of nitrogens with zero attached hydrogens (tertiary/aromatic N) is 3. The number of rotatable bonds is 2. The third kappa shape index (κ3) is 1.89. The second-order valence-corrected chi connectivity index (χ2v) is 3.30. The van der Waals surface area contributed by atoms with Gasteiger partial charge in [-0.3, -0.25) is 9.59 Å². The first kappa shape index (κ1) is 10.9. The van der Waals surface area contributed by atoms with Gasteiger partial charge in [0.05, 0.1) is 23.6 Å². The van der Waals surface area contributed by atoms with Gasteiger partial charge in [-0.2, -0.15) is 0 Å². The van der Waals surface area contributed by atoms with E-state index in [2.05, 4.69) is 15.0 Å². The topological polar surface area (TPSA) is 97.7 Å². The van der Waals surface area contributed by atoms with Gasteiger partial charge in [-0.15, -0.1) is 0 Å². The summed E-state index contributed by atoms with van der Waals surface area (Å²) in [5.74, 6) is -0.420. The van der Waals surface area contributed by atoms with Crippen molar-refractivity contribution in [3.63, 3.8) is 0 Å². The number of aromatic nitrogens is 4. The molecule has 2 aromatic rings. The van der Waals surface area contributed by atoms with E-state index in [0.717, 1.165) is 10.8 Å². The third-order valence-electron chi connectivity index (χ3n) is 2.16. The quantitative estimate of drug-likeness (QED) is 0.705. The molecule has 17 heavy (non-hydrogen) atoms. The molecule has 0 aromatic carbocycles. The van der Waals surface area contributed by atoms with Crippen LogP contribution in [0.25, 0.3) is 5.69 Å². The molecule has 0 atom stereocenters. The first-order valence-corrected chi connectivity index (χ1v) is 4.72. The number of hydrogen-bond donors (Lipinski definition) is 1. The molecule has 0 aliphatic heterocycles. The Kier molecular flexibility index (Phi) is 2.65. The van der Waals surface area contributed by atoms with E-state index < -0.39 is 17.0 Å². The molecule has 0 amide bonds. The van der Waals surface area contributed by atoms with Gasteiger partial charge in [0.2, 0.25) is 0 Å². The van der Waals surface area contributed by atoms with Crippen LogP contribution >= 0.6 is 0 Å². The van der Waals surface area contributed by atoms with Gasteiger partial charge in [0.15, 0.2) is 5.78 Å². The molecule has 7 nitrogen and oxygen atoms in total.